The first-order chi connectivity index (χ1) is 10.2. The first-order valence-electron chi connectivity index (χ1n) is 6.93. The van der Waals surface area contributed by atoms with E-state index in [4.69, 9.17) is 4.74 Å². The van der Waals surface area contributed by atoms with Crippen LogP contribution >= 0.6 is 0 Å². The van der Waals surface area contributed by atoms with Crippen LogP contribution in [-0.4, -0.2) is 35.7 Å². The topological polar surface area (TPSA) is 54.0 Å². The molecule has 21 heavy (non-hydrogen) atoms. The summed E-state index contributed by atoms with van der Waals surface area (Å²) in [5.41, 5.74) is 1.70. The van der Waals surface area contributed by atoms with Crippen LogP contribution < -0.4 is 9.64 Å². The van der Waals surface area contributed by atoms with Gasteiger partial charge in [-0.25, -0.2) is 9.97 Å². The van der Waals surface area contributed by atoms with Crippen molar-refractivity contribution in [2.75, 3.05) is 25.6 Å². The van der Waals surface area contributed by atoms with Gasteiger partial charge in [-0.1, -0.05) is 18.2 Å². The van der Waals surface area contributed by atoms with Gasteiger partial charge in [-0.15, -0.1) is 0 Å². The number of anilines is 1. The Morgan fingerprint density at radius 2 is 1.86 bits per heavy atom. The quantitative estimate of drug-likeness (QED) is 0.781. The molecular formula is C16H18N4O. The number of benzene rings is 1. The molecule has 3 rings (SSSR count). The van der Waals surface area contributed by atoms with Gasteiger partial charge in [0.25, 0.3) is 0 Å². The lowest BCUT2D eigenvalue weighted by Gasteiger charge is -2.09. The molecule has 2 aromatic heterocycles. The number of nitrogens with zero attached hydrogens (tertiary/aromatic N) is 3. The van der Waals surface area contributed by atoms with Gasteiger partial charge < -0.3 is 14.6 Å². The molecule has 1 N–H and O–H groups in total. The third kappa shape index (κ3) is 3.13. The van der Waals surface area contributed by atoms with Crippen LogP contribution in [0.3, 0.4) is 0 Å². The highest BCUT2D eigenvalue weighted by Crippen LogP contribution is 2.15. The van der Waals surface area contributed by atoms with Crippen LogP contribution in [0.2, 0.25) is 0 Å². The van der Waals surface area contributed by atoms with Gasteiger partial charge in [-0.05, 0) is 24.3 Å². The van der Waals surface area contributed by atoms with Crippen molar-refractivity contribution in [3.63, 3.8) is 0 Å². The van der Waals surface area contributed by atoms with Crippen molar-refractivity contribution in [3.05, 3.63) is 48.3 Å². The molecule has 0 bridgehead atoms. The number of aromatic nitrogens is 3. The fourth-order valence-corrected chi connectivity index (χ4v) is 2.08. The first-order valence-corrected chi connectivity index (χ1v) is 6.93. The Kier molecular flexibility index (Phi) is 3.73. The van der Waals surface area contributed by atoms with Crippen molar-refractivity contribution in [2.24, 2.45) is 0 Å². The molecule has 0 aliphatic heterocycles. The van der Waals surface area contributed by atoms with E-state index in [9.17, 15) is 0 Å². The third-order valence-corrected chi connectivity index (χ3v) is 3.19. The third-order valence-electron chi connectivity index (χ3n) is 3.19. The zero-order chi connectivity index (χ0) is 14.7. The van der Waals surface area contributed by atoms with E-state index >= 15 is 0 Å². The molecule has 0 saturated carbocycles. The highest BCUT2D eigenvalue weighted by atomic mass is 16.5. The van der Waals surface area contributed by atoms with E-state index in [-0.39, 0.29) is 0 Å². The SMILES string of the molecule is CN(C)c1ccc2[nH]c(CCOc3ccccc3)nc2n1. The Labute approximate surface area is 123 Å². The molecule has 2 heterocycles. The average Bonchev–Trinajstić information content (AvgIpc) is 2.90. The summed E-state index contributed by atoms with van der Waals surface area (Å²) in [6.45, 7) is 0.588. The second kappa shape index (κ2) is 5.83. The number of para-hydroxylation sites is 1. The minimum atomic E-state index is 0.588. The zero-order valence-corrected chi connectivity index (χ0v) is 12.2. The number of hydrogen-bond donors (Lipinski definition) is 1. The standard InChI is InChI=1S/C16H18N4O/c1-20(2)15-9-8-13-16(19-15)18-14(17-13)10-11-21-12-6-4-3-5-7-12/h3-9H,10-11H2,1-2H3,(H,17,18,19). The average molecular weight is 282 g/mol. The number of aromatic amines is 1. The van der Waals surface area contributed by atoms with Gasteiger partial charge in [0.2, 0.25) is 0 Å². The Balaban J connectivity index is 1.67. The van der Waals surface area contributed by atoms with Crippen LogP contribution in [0.1, 0.15) is 5.82 Å². The molecule has 5 nitrogen and oxygen atoms in total. The summed E-state index contributed by atoms with van der Waals surface area (Å²) in [5, 5.41) is 0. The van der Waals surface area contributed by atoms with Crippen molar-refractivity contribution in [1.82, 2.24) is 15.0 Å². The van der Waals surface area contributed by atoms with Gasteiger partial charge >= 0.3 is 0 Å². The molecule has 0 unspecified atom stereocenters. The largest absolute Gasteiger partial charge is 0.493 e. The number of fused-ring (bicyclic) bond motifs is 1. The predicted octanol–water partition coefficient (Wildman–Crippen LogP) is 2.65. The maximum absolute atomic E-state index is 5.68. The highest BCUT2D eigenvalue weighted by Gasteiger charge is 2.06. The summed E-state index contributed by atoms with van der Waals surface area (Å²) in [6.07, 6.45) is 0.725. The second-order valence-corrected chi connectivity index (χ2v) is 5.03. The lowest BCUT2D eigenvalue weighted by molar-refractivity contribution is 0.319. The summed E-state index contributed by atoms with van der Waals surface area (Å²) < 4.78 is 5.68. The number of imidazole rings is 1. The van der Waals surface area contributed by atoms with Gasteiger partial charge in [0, 0.05) is 20.5 Å². The van der Waals surface area contributed by atoms with E-state index in [1.165, 1.54) is 0 Å². The highest BCUT2D eigenvalue weighted by molar-refractivity contribution is 5.73. The van der Waals surface area contributed by atoms with E-state index in [0.717, 1.165) is 35.0 Å². The Morgan fingerprint density at radius 1 is 1.05 bits per heavy atom. The molecule has 3 aromatic rings. The maximum Gasteiger partial charge on any atom is 0.179 e. The molecule has 1 aromatic carbocycles. The smallest absolute Gasteiger partial charge is 0.179 e. The monoisotopic (exact) mass is 282 g/mol. The minimum absolute atomic E-state index is 0.588. The fourth-order valence-electron chi connectivity index (χ4n) is 2.08. The van der Waals surface area contributed by atoms with Crippen LogP contribution in [-0.2, 0) is 6.42 Å². The van der Waals surface area contributed by atoms with E-state index in [0.29, 0.717) is 6.61 Å². The predicted molar refractivity (Wildman–Crippen MR) is 83.9 cm³/mol. The number of pyridine rings is 1. The molecule has 0 fully saturated rings. The van der Waals surface area contributed by atoms with E-state index in [2.05, 4.69) is 15.0 Å². The molecule has 108 valence electrons. The van der Waals surface area contributed by atoms with Crippen molar-refractivity contribution in [2.45, 2.75) is 6.42 Å². The maximum atomic E-state index is 5.68. The number of H-pyrrole nitrogens is 1. The molecule has 0 aliphatic rings. The number of nitrogens with one attached hydrogen (secondary N) is 1. The number of rotatable bonds is 5. The van der Waals surface area contributed by atoms with Crippen molar-refractivity contribution < 1.29 is 4.74 Å². The van der Waals surface area contributed by atoms with Crippen LogP contribution in [0.25, 0.3) is 11.2 Å². The Bertz CT molecular complexity index is 721. The second-order valence-electron chi connectivity index (χ2n) is 5.03. The summed E-state index contributed by atoms with van der Waals surface area (Å²) in [7, 11) is 3.94. The van der Waals surface area contributed by atoms with Gasteiger partial charge in [-0.3, -0.25) is 0 Å². The fraction of sp³-hybridized carbons (Fsp3) is 0.250. The molecule has 0 aliphatic carbocycles. The van der Waals surface area contributed by atoms with Crippen molar-refractivity contribution in [1.29, 1.82) is 0 Å². The van der Waals surface area contributed by atoms with Gasteiger partial charge in [0.1, 0.15) is 17.4 Å². The molecular weight excluding hydrogens is 264 g/mol. The van der Waals surface area contributed by atoms with Crippen LogP contribution in [0.4, 0.5) is 5.82 Å². The van der Waals surface area contributed by atoms with Crippen LogP contribution in [0.15, 0.2) is 42.5 Å². The lowest BCUT2D eigenvalue weighted by Crippen LogP contribution is -2.10. The van der Waals surface area contributed by atoms with Crippen LogP contribution in [0, 0.1) is 0 Å². The van der Waals surface area contributed by atoms with Crippen molar-refractivity contribution in [3.8, 4) is 5.75 Å². The number of ether oxygens (including phenoxy) is 1. The van der Waals surface area contributed by atoms with Gasteiger partial charge in [0.15, 0.2) is 5.65 Å². The van der Waals surface area contributed by atoms with Gasteiger partial charge in [0.05, 0.1) is 12.1 Å². The van der Waals surface area contributed by atoms with Crippen molar-refractivity contribution >= 4 is 17.0 Å². The summed E-state index contributed by atoms with van der Waals surface area (Å²) in [6, 6.07) is 13.8. The summed E-state index contributed by atoms with van der Waals surface area (Å²) in [5.74, 6) is 2.67. The minimum Gasteiger partial charge on any atom is -0.493 e. The van der Waals surface area contributed by atoms with E-state index in [1.54, 1.807) is 0 Å². The van der Waals surface area contributed by atoms with E-state index < -0.39 is 0 Å². The Hall–Kier alpha value is -2.56. The Morgan fingerprint density at radius 3 is 2.62 bits per heavy atom. The first kappa shape index (κ1) is 13.4. The lowest BCUT2D eigenvalue weighted by atomic mass is 10.3. The van der Waals surface area contributed by atoms with Gasteiger partial charge in [-0.2, -0.15) is 0 Å². The summed E-state index contributed by atoms with van der Waals surface area (Å²) in [4.78, 5) is 14.3. The van der Waals surface area contributed by atoms with Crippen LogP contribution in [0.5, 0.6) is 5.75 Å². The van der Waals surface area contributed by atoms with E-state index in [1.807, 2.05) is 61.5 Å². The number of hydrogen-bond acceptors (Lipinski definition) is 4. The molecule has 0 saturated heterocycles. The molecule has 0 spiro atoms. The molecule has 0 atom stereocenters. The molecule has 5 heteroatoms. The molecule has 0 radical (unpaired) electrons. The zero-order valence-electron chi connectivity index (χ0n) is 12.2. The molecule has 0 amide bonds. The normalized spacial score (nSPS) is 10.8. The summed E-state index contributed by atoms with van der Waals surface area (Å²) >= 11 is 0.